The zero-order chi connectivity index (χ0) is 17.4. The SMILES string of the molecule is CC(N)COC[C@H]1O[C@@H](n2cnc3c(=O)[nH]c(N)nc32)[C@H](O)[C@@H]1O. The monoisotopic (exact) mass is 340 g/mol. The van der Waals surface area contributed by atoms with Crippen LogP contribution in [0.15, 0.2) is 11.1 Å². The van der Waals surface area contributed by atoms with Crippen molar-refractivity contribution in [1.82, 2.24) is 19.5 Å². The lowest BCUT2D eigenvalue weighted by molar-refractivity contribution is -0.0663. The molecule has 1 unspecified atom stereocenters. The maximum atomic E-state index is 11.8. The fourth-order valence-corrected chi connectivity index (χ4v) is 2.60. The number of hydrogen-bond donors (Lipinski definition) is 5. The molecule has 0 radical (unpaired) electrons. The van der Waals surface area contributed by atoms with E-state index in [4.69, 9.17) is 20.9 Å². The summed E-state index contributed by atoms with van der Waals surface area (Å²) in [7, 11) is 0. The van der Waals surface area contributed by atoms with Crippen LogP contribution in [0.4, 0.5) is 5.95 Å². The first kappa shape index (κ1) is 16.8. The first-order valence-corrected chi connectivity index (χ1v) is 7.45. The van der Waals surface area contributed by atoms with E-state index in [1.807, 2.05) is 0 Å². The number of aliphatic hydroxyl groups excluding tert-OH is 2. The number of aliphatic hydroxyl groups is 2. The average Bonchev–Trinajstić information content (AvgIpc) is 3.03. The van der Waals surface area contributed by atoms with Crippen molar-refractivity contribution in [2.45, 2.75) is 37.5 Å². The first-order valence-electron chi connectivity index (χ1n) is 7.45. The highest BCUT2D eigenvalue weighted by molar-refractivity contribution is 5.70. The Labute approximate surface area is 136 Å². The van der Waals surface area contributed by atoms with Gasteiger partial charge in [-0.3, -0.25) is 14.3 Å². The molecule has 3 rings (SSSR count). The molecular weight excluding hydrogens is 320 g/mol. The normalized spacial score (nSPS) is 28.5. The van der Waals surface area contributed by atoms with Crippen LogP contribution in [0.25, 0.3) is 11.2 Å². The Hall–Kier alpha value is -2.05. The summed E-state index contributed by atoms with van der Waals surface area (Å²) in [6, 6.07) is -0.152. The quantitative estimate of drug-likeness (QED) is 0.400. The molecule has 2 aromatic rings. The zero-order valence-corrected chi connectivity index (χ0v) is 13.0. The Kier molecular flexibility index (Phi) is 4.51. The number of H-pyrrole nitrogens is 1. The van der Waals surface area contributed by atoms with Gasteiger partial charge in [-0.1, -0.05) is 0 Å². The average molecular weight is 340 g/mol. The number of aromatic amines is 1. The van der Waals surface area contributed by atoms with E-state index in [-0.39, 0.29) is 29.8 Å². The van der Waals surface area contributed by atoms with Crippen molar-refractivity contribution in [1.29, 1.82) is 0 Å². The van der Waals surface area contributed by atoms with Crippen LogP contribution in [0, 0.1) is 0 Å². The molecule has 132 valence electrons. The maximum absolute atomic E-state index is 11.8. The van der Waals surface area contributed by atoms with Crippen LogP contribution in [0.1, 0.15) is 13.2 Å². The number of nitrogen functional groups attached to an aromatic ring is 1. The number of imidazole rings is 1. The number of fused-ring (bicyclic) bond motifs is 1. The standard InChI is InChI=1S/C13H20N6O5/c1-5(14)2-23-3-6-8(20)9(21)12(24-6)19-4-16-7-10(19)17-13(15)18-11(7)22/h4-6,8-9,12,20-21H,2-3,14H2,1H3,(H3,15,17,18,22)/t5?,6-,8-,9-,12-/m1/s1. The molecule has 1 aliphatic rings. The fourth-order valence-electron chi connectivity index (χ4n) is 2.60. The van der Waals surface area contributed by atoms with Crippen LogP contribution in [0.5, 0.6) is 0 Å². The van der Waals surface area contributed by atoms with E-state index in [1.54, 1.807) is 6.92 Å². The van der Waals surface area contributed by atoms with Gasteiger partial charge >= 0.3 is 0 Å². The summed E-state index contributed by atoms with van der Waals surface area (Å²) in [6.07, 6.45) is -2.82. The highest BCUT2D eigenvalue weighted by atomic mass is 16.6. The molecule has 0 bridgehead atoms. The van der Waals surface area contributed by atoms with E-state index in [0.29, 0.717) is 6.61 Å². The van der Waals surface area contributed by atoms with Gasteiger partial charge in [0.2, 0.25) is 5.95 Å². The summed E-state index contributed by atoms with van der Waals surface area (Å²) in [4.78, 5) is 22.1. The van der Waals surface area contributed by atoms with E-state index >= 15 is 0 Å². The van der Waals surface area contributed by atoms with Crippen molar-refractivity contribution >= 4 is 17.1 Å². The van der Waals surface area contributed by atoms with Gasteiger partial charge in [-0.15, -0.1) is 0 Å². The number of rotatable bonds is 5. The molecule has 0 saturated carbocycles. The fraction of sp³-hybridized carbons (Fsp3) is 0.615. The molecule has 1 aliphatic heterocycles. The molecule has 5 atom stereocenters. The molecule has 1 saturated heterocycles. The zero-order valence-electron chi connectivity index (χ0n) is 13.0. The number of aromatic nitrogens is 4. The number of nitrogens with zero attached hydrogens (tertiary/aromatic N) is 3. The summed E-state index contributed by atoms with van der Waals surface area (Å²) in [5.74, 6) is -0.0842. The van der Waals surface area contributed by atoms with E-state index in [1.165, 1.54) is 10.9 Å². The predicted molar refractivity (Wildman–Crippen MR) is 83.0 cm³/mol. The summed E-state index contributed by atoms with van der Waals surface area (Å²) in [5, 5.41) is 20.4. The van der Waals surface area contributed by atoms with Gasteiger partial charge in [0.15, 0.2) is 17.4 Å². The van der Waals surface area contributed by atoms with E-state index in [9.17, 15) is 15.0 Å². The summed E-state index contributed by atoms with van der Waals surface area (Å²) >= 11 is 0. The smallest absolute Gasteiger partial charge is 0.280 e. The van der Waals surface area contributed by atoms with Gasteiger partial charge in [0, 0.05) is 6.04 Å². The highest BCUT2D eigenvalue weighted by Crippen LogP contribution is 2.31. The molecular formula is C13H20N6O5. The lowest BCUT2D eigenvalue weighted by Crippen LogP contribution is -2.35. The van der Waals surface area contributed by atoms with Crippen LogP contribution >= 0.6 is 0 Å². The maximum Gasteiger partial charge on any atom is 0.280 e. The third-order valence-electron chi connectivity index (χ3n) is 3.72. The number of ether oxygens (including phenoxy) is 2. The molecule has 2 aromatic heterocycles. The van der Waals surface area contributed by atoms with E-state index in [0.717, 1.165) is 0 Å². The van der Waals surface area contributed by atoms with Crippen LogP contribution in [0.2, 0.25) is 0 Å². The Bertz CT molecular complexity index is 774. The molecule has 3 heterocycles. The number of nitrogens with one attached hydrogen (secondary N) is 1. The topological polar surface area (TPSA) is 175 Å². The van der Waals surface area contributed by atoms with Crippen molar-refractivity contribution in [2.75, 3.05) is 18.9 Å². The minimum absolute atomic E-state index is 0.0612. The van der Waals surface area contributed by atoms with Gasteiger partial charge in [0.1, 0.15) is 18.3 Å². The molecule has 0 aromatic carbocycles. The highest BCUT2D eigenvalue weighted by Gasteiger charge is 2.44. The second kappa shape index (κ2) is 6.45. The summed E-state index contributed by atoms with van der Waals surface area (Å²) < 4.78 is 12.4. The molecule has 0 aliphatic carbocycles. The molecule has 24 heavy (non-hydrogen) atoms. The minimum Gasteiger partial charge on any atom is -0.387 e. The van der Waals surface area contributed by atoms with E-state index in [2.05, 4.69) is 15.0 Å². The van der Waals surface area contributed by atoms with Crippen LogP contribution in [0.3, 0.4) is 0 Å². The molecule has 7 N–H and O–H groups in total. The lowest BCUT2D eigenvalue weighted by Gasteiger charge is -2.16. The molecule has 1 fully saturated rings. The Balaban J connectivity index is 1.84. The van der Waals surface area contributed by atoms with Crippen molar-refractivity contribution < 1.29 is 19.7 Å². The summed E-state index contributed by atoms with van der Waals surface area (Å²) in [5.41, 5.74) is 10.9. The largest absolute Gasteiger partial charge is 0.387 e. The second-order valence-electron chi connectivity index (χ2n) is 5.84. The Morgan fingerprint density at radius 3 is 2.96 bits per heavy atom. The summed E-state index contributed by atoms with van der Waals surface area (Å²) in [6.45, 7) is 2.16. The predicted octanol–water partition coefficient (Wildman–Crippen LogP) is -2.32. The van der Waals surface area contributed by atoms with Crippen LogP contribution in [-0.4, -0.2) is 67.3 Å². The van der Waals surface area contributed by atoms with Crippen molar-refractivity contribution in [3.05, 3.63) is 16.7 Å². The molecule has 0 spiro atoms. The van der Waals surface area contributed by atoms with Crippen LogP contribution < -0.4 is 17.0 Å². The van der Waals surface area contributed by atoms with Crippen molar-refractivity contribution in [3.63, 3.8) is 0 Å². The van der Waals surface area contributed by atoms with Gasteiger partial charge in [-0.05, 0) is 6.92 Å². The van der Waals surface area contributed by atoms with Gasteiger partial charge < -0.3 is 31.2 Å². The van der Waals surface area contributed by atoms with Crippen LogP contribution in [-0.2, 0) is 9.47 Å². The molecule has 11 nitrogen and oxygen atoms in total. The van der Waals surface area contributed by atoms with Gasteiger partial charge in [0.25, 0.3) is 5.56 Å². The minimum atomic E-state index is -1.24. The number of nitrogens with two attached hydrogens (primary N) is 2. The number of anilines is 1. The second-order valence-corrected chi connectivity index (χ2v) is 5.84. The first-order chi connectivity index (χ1) is 11.4. The molecule has 11 heteroatoms. The van der Waals surface area contributed by atoms with Crippen molar-refractivity contribution in [2.24, 2.45) is 5.73 Å². The lowest BCUT2D eigenvalue weighted by atomic mass is 10.1. The van der Waals surface area contributed by atoms with Crippen molar-refractivity contribution in [3.8, 4) is 0 Å². The Morgan fingerprint density at radius 2 is 2.25 bits per heavy atom. The van der Waals surface area contributed by atoms with Gasteiger partial charge in [0.05, 0.1) is 19.5 Å². The third-order valence-corrected chi connectivity index (χ3v) is 3.72. The third kappa shape index (κ3) is 2.99. The Morgan fingerprint density at radius 1 is 1.50 bits per heavy atom. The van der Waals surface area contributed by atoms with E-state index < -0.39 is 30.1 Å². The molecule has 0 amide bonds. The van der Waals surface area contributed by atoms with Gasteiger partial charge in [-0.25, -0.2) is 4.98 Å². The van der Waals surface area contributed by atoms with Gasteiger partial charge in [-0.2, -0.15) is 4.98 Å². The number of hydrogen-bond acceptors (Lipinski definition) is 9.